The van der Waals surface area contributed by atoms with Gasteiger partial charge in [-0.15, -0.1) is 0 Å². The van der Waals surface area contributed by atoms with Crippen LogP contribution in [0.5, 0.6) is 17.2 Å². The zero-order valence-electron chi connectivity index (χ0n) is 22.1. The first-order valence-corrected chi connectivity index (χ1v) is 13.3. The number of hydrogen-bond acceptors (Lipinski definition) is 7. The molecule has 0 fully saturated rings. The number of benzene rings is 3. The molecule has 1 amide bonds. The van der Waals surface area contributed by atoms with Crippen LogP contribution in [0.2, 0.25) is 10.0 Å². The Morgan fingerprint density at radius 1 is 1.02 bits per heavy atom. The van der Waals surface area contributed by atoms with Gasteiger partial charge in [-0.05, 0) is 55.8 Å². The van der Waals surface area contributed by atoms with Gasteiger partial charge in [-0.1, -0.05) is 47.5 Å². The summed E-state index contributed by atoms with van der Waals surface area (Å²) in [7, 11) is 1.56. The monoisotopic (exact) mass is 579 g/mol. The lowest BCUT2D eigenvalue weighted by molar-refractivity contribution is -0.113. The Labute approximate surface area is 241 Å². The molecule has 206 valence electrons. The van der Waals surface area contributed by atoms with Gasteiger partial charge in [-0.25, -0.2) is 4.68 Å². The molecule has 1 aromatic heterocycles. The third kappa shape index (κ3) is 5.43. The fourth-order valence-corrected chi connectivity index (χ4v) is 5.04. The molecule has 0 saturated carbocycles. The maximum absolute atomic E-state index is 13.8. The lowest BCUT2D eigenvalue weighted by Gasteiger charge is -2.29. The summed E-state index contributed by atoms with van der Waals surface area (Å²) >= 11 is 12.7. The zero-order chi connectivity index (χ0) is 28.2. The van der Waals surface area contributed by atoms with Crippen LogP contribution in [0, 0.1) is 0 Å². The van der Waals surface area contributed by atoms with Crippen LogP contribution in [0.4, 0.5) is 11.6 Å². The van der Waals surface area contributed by atoms with Gasteiger partial charge in [0.15, 0.2) is 11.5 Å². The number of allylic oxidation sites excluding steroid dienone is 1. The molecule has 1 aliphatic rings. The normalized spacial score (nSPS) is 14.3. The summed E-state index contributed by atoms with van der Waals surface area (Å²) < 4.78 is 19.1. The summed E-state index contributed by atoms with van der Waals surface area (Å²) in [5.41, 5.74) is 3.09. The number of rotatable bonds is 9. The lowest BCUT2D eigenvalue weighted by Crippen LogP contribution is -2.31. The number of para-hydroxylation sites is 2. The summed E-state index contributed by atoms with van der Waals surface area (Å²) in [4.78, 5) is 18.1. The number of ether oxygens (including phenoxy) is 3. The number of amides is 1. The molecule has 2 N–H and O–H groups in total. The van der Waals surface area contributed by atoms with Crippen LogP contribution in [-0.4, -0.2) is 34.4 Å². The molecule has 1 unspecified atom stereocenters. The van der Waals surface area contributed by atoms with Crippen molar-refractivity contribution in [2.75, 3.05) is 24.4 Å². The minimum Gasteiger partial charge on any atom is -0.495 e. The molecule has 2 heterocycles. The van der Waals surface area contributed by atoms with Gasteiger partial charge in [0.05, 0.1) is 25.0 Å². The number of hydrogen-bond donors (Lipinski definition) is 2. The molecule has 0 bridgehead atoms. The standard InChI is InChI=1S/C29H27Cl2N5O4/c1-4-39-25-14-18(12-13-24(25)40-15-19-20(30)8-7-9-21(19)31)27-26(17(2)34-29-32-16-33-36(27)29)28(37)35-22-10-5-6-11-23(22)38-3/h5-14,16,27H,4,15H2,1-3H3,(H,35,37)(H,32,33,34). The molecule has 9 nitrogen and oxygen atoms in total. The van der Waals surface area contributed by atoms with Crippen molar-refractivity contribution >= 4 is 40.7 Å². The van der Waals surface area contributed by atoms with Crippen molar-refractivity contribution in [2.45, 2.75) is 26.5 Å². The highest BCUT2D eigenvalue weighted by molar-refractivity contribution is 6.35. The quantitative estimate of drug-likeness (QED) is 0.233. The Kier molecular flexibility index (Phi) is 8.14. The summed E-state index contributed by atoms with van der Waals surface area (Å²) in [5.74, 6) is 1.77. The van der Waals surface area contributed by atoms with Crippen molar-refractivity contribution in [1.82, 2.24) is 14.8 Å². The maximum atomic E-state index is 13.8. The highest BCUT2D eigenvalue weighted by Crippen LogP contribution is 2.40. The van der Waals surface area contributed by atoms with Crippen LogP contribution >= 0.6 is 23.2 Å². The molecule has 1 aliphatic heterocycles. The van der Waals surface area contributed by atoms with E-state index in [0.717, 1.165) is 5.56 Å². The number of nitrogens with one attached hydrogen (secondary N) is 2. The van der Waals surface area contributed by atoms with Crippen LogP contribution in [-0.2, 0) is 11.4 Å². The van der Waals surface area contributed by atoms with E-state index in [1.807, 2.05) is 38.1 Å². The second kappa shape index (κ2) is 11.9. The molecular weight excluding hydrogens is 553 g/mol. The van der Waals surface area contributed by atoms with E-state index in [4.69, 9.17) is 37.4 Å². The SMILES string of the molecule is CCOc1cc(C2C(C(=O)Nc3ccccc3OC)=C(C)Nc3ncnn32)ccc1OCc1c(Cl)cccc1Cl. The molecule has 0 aliphatic carbocycles. The fraction of sp³-hybridized carbons (Fsp3) is 0.207. The first-order valence-electron chi connectivity index (χ1n) is 12.5. The van der Waals surface area contributed by atoms with Gasteiger partial charge in [0.1, 0.15) is 24.7 Å². The van der Waals surface area contributed by atoms with Crippen molar-refractivity contribution in [3.63, 3.8) is 0 Å². The average molecular weight is 580 g/mol. The Balaban J connectivity index is 1.51. The van der Waals surface area contributed by atoms with Crippen LogP contribution in [0.1, 0.15) is 31.0 Å². The van der Waals surface area contributed by atoms with Gasteiger partial charge in [0, 0.05) is 21.3 Å². The molecule has 40 heavy (non-hydrogen) atoms. The van der Waals surface area contributed by atoms with Crippen molar-refractivity contribution in [1.29, 1.82) is 0 Å². The van der Waals surface area contributed by atoms with E-state index < -0.39 is 6.04 Å². The molecule has 11 heteroatoms. The third-order valence-electron chi connectivity index (χ3n) is 6.41. The molecule has 3 aromatic carbocycles. The molecule has 1 atom stereocenters. The highest BCUT2D eigenvalue weighted by Gasteiger charge is 2.34. The van der Waals surface area contributed by atoms with E-state index in [2.05, 4.69) is 20.7 Å². The topological polar surface area (TPSA) is 99.5 Å². The van der Waals surface area contributed by atoms with E-state index in [1.165, 1.54) is 6.33 Å². The molecule has 0 radical (unpaired) electrons. The lowest BCUT2D eigenvalue weighted by atomic mass is 9.94. The first-order chi connectivity index (χ1) is 19.4. The van der Waals surface area contributed by atoms with Crippen molar-refractivity contribution in [3.8, 4) is 17.2 Å². The van der Waals surface area contributed by atoms with Gasteiger partial charge >= 0.3 is 0 Å². The predicted octanol–water partition coefficient (Wildman–Crippen LogP) is 6.50. The minimum atomic E-state index is -0.597. The van der Waals surface area contributed by atoms with Gasteiger partial charge in [-0.3, -0.25) is 4.79 Å². The molecular formula is C29H27Cl2N5O4. The molecule has 5 rings (SSSR count). The summed E-state index contributed by atoms with van der Waals surface area (Å²) in [6.07, 6.45) is 1.44. The smallest absolute Gasteiger partial charge is 0.255 e. The highest BCUT2D eigenvalue weighted by atomic mass is 35.5. The Morgan fingerprint density at radius 2 is 1.80 bits per heavy atom. The largest absolute Gasteiger partial charge is 0.495 e. The zero-order valence-corrected chi connectivity index (χ0v) is 23.6. The third-order valence-corrected chi connectivity index (χ3v) is 7.12. The number of halogens is 2. The van der Waals surface area contributed by atoms with Crippen LogP contribution < -0.4 is 24.8 Å². The van der Waals surface area contributed by atoms with E-state index >= 15 is 0 Å². The summed E-state index contributed by atoms with van der Waals surface area (Å²) in [5, 5.41) is 11.6. The van der Waals surface area contributed by atoms with E-state index in [1.54, 1.807) is 48.2 Å². The van der Waals surface area contributed by atoms with Crippen molar-refractivity contribution in [3.05, 3.63) is 99.4 Å². The van der Waals surface area contributed by atoms with Crippen LogP contribution in [0.25, 0.3) is 0 Å². The average Bonchev–Trinajstić information content (AvgIpc) is 3.41. The number of nitrogens with zero attached hydrogens (tertiary/aromatic N) is 3. The van der Waals surface area contributed by atoms with Gasteiger partial charge < -0.3 is 24.8 Å². The molecule has 0 spiro atoms. The summed E-state index contributed by atoms with van der Waals surface area (Å²) in [6.45, 7) is 4.28. The second-order valence-corrected chi connectivity index (χ2v) is 9.69. The number of carbonyl (C=O) groups is 1. The maximum Gasteiger partial charge on any atom is 0.255 e. The van der Waals surface area contributed by atoms with Gasteiger partial charge in [0.2, 0.25) is 5.95 Å². The Hall–Kier alpha value is -4.21. The number of carbonyl (C=O) groups excluding carboxylic acids is 1. The Morgan fingerprint density at radius 3 is 2.55 bits per heavy atom. The Bertz CT molecular complexity index is 1570. The fourth-order valence-electron chi connectivity index (χ4n) is 4.53. The first kappa shape index (κ1) is 27.4. The molecule has 4 aromatic rings. The van der Waals surface area contributed by atoms with Crippen molar-refractivity contribution in [2.24, 2.45) is 0 Å². The van der Waals surface area contributed by atoms with Crippen molar-refractivity contribution < 1.29 is 19.0 Å². The van der Waals surface area contributed by atoms with Crippen LogP contribution in [0.15, 0.2) is 78.3 Å². The van der Waals surface area contributed by atoms with Gasteiger partial charge in [0.25, 0.3) is 5.91 Å². The van der Waals surface area contributed by atoms with Gasteiger partial charge in [-0.2, -0.15) is 10.1 Å². The number of fused-ring (bicyclic) bond motifs is 1. The predicted molar refractivity (Wildman–Crippen MR) is 155 cm³/mol. The van der Waals surface area contributed by atoms with E-state index in [9.17, 15) is 4.79 Å². The number of aromatic nitrogens is 3. The number of anilines is 2. The summed E-state index contributed by atoms with van der Waals surface area (Å²) in [6, 6.07) is 17.5. The second-order valence-electron chi connectivity index (χ2n) is 8.88. The van der Waals surface area contributed by atoms with E-state index in [0.29, 0.717) is 62.4 Å². The minimum absolute atomic E-state index is 0.157. The molecule has 0 saturated heterocycles. The van der Waals surface area contributed by atoms with E-state index in [-0.39, 0.29) is 12.5 Å². The van der Waals surface area contributed by atoms with Crippen LogP contribution in [0.3, 0.4) is 0 Å². The number of methoxy groups -OCH3 is 1.